The van der Waals surface area contributed by atoms with Gasteiger partial charge in [-0.3, -0.25) is 11.3 Å². The van der Waals surface area contributed by atoms with Gasteiger partial charge in [-0.05, 0) is 30.7 Å². The summed E-state index contributed by atoms with van der Waals surface area (Å²) in [5, 5.41) is 0. The second-order valence-electron chi connectivity index (χ2n) is 6.04. The quantitative estimate of drug-likeness (QED) is 0.461. The van der Waals surface area contributed by atoms with Crippen molar-refractivity contribution in [2.75, 3.05) is 20.3 Å². The summed E-state index contributed by atoms with van der Waals surface area (Å²) in [6.07, 6.45) is 5.02. The molecule has 0 aliphatic heterocycles. The topological polar surface area (TPSA) is 56.5 Å². The van der Waals surface area contributed by atoms with Crippen molar-refractivity contribution in [2.45, 2.75) is 38.6 Å². The van der Waals surface area contributed by atoms with Crippen LogP contribution in [0.5, 0.6) is 5.75 Å². The predicted molar refractivity (Wildman–Crippen MR) is 85.0 cm³/mol. The molecule has 3 N–H and O–H groups in total. The summed E-state index contributed by atoms with van der Waals surface area (Å²) in [5.74, 6) is 8.20. The molecule has 0 aromatic heterocycles. The van der Waals surface area contributed by atoms with Gasteiger partial charge in [0.1, 0.15) is 12.4 Å². The van der Waals surface area contributed by atoms with Crippen molar-refractivity contribution in [1.82, 2.24) is 5.43 Å². The van der Waals surface area contributed by atoms with Gasteiger partial charge in [-0.2, -0.15) is 0 Å². The predicted octanol–water partition coefficient (Wildman–Crippen LogP) is 3.04. The van der Waals surface area contributed by atoms with E-state index in [0.717, 1.165) is 17.2 Å². The summed E-state index contributed by atoms with van der Waals surface area (Å²) in [4.78, 5) is 0. The molecule has 4 nitrogen and oxygen atoms in total. The molecule has 1 aliphatic carbocycles. The fourth-order valence-corrected chi connectivity index (χ4v) is 3.20. The number of para-hydroxylation sites is 1. The number of ether oxygens (including phenoxy) is 2. The van der Waals surface area contributed by atoms with Gasteiger partial charge in [0.15, 0.2) is 0 Å². The molecule has 0 heterocycles. The highest BCUT2D eigenvalue weighted by atomic mass is 16.5. The first kappa shape index (κ1) is 16.3. The summed E-state index contributed by atoms with van der Waals surface area (Å²) in [5.41, 5.74) is 4.19. The number of hydrazine groups is 1. The molecule has 1 aromatic rings. The maximum Gasteiger partial charge on any atom is 0.124 e. The third-order valence-corrected chi connectivity index (χ3v) is 4.51. The molecule has 1 saturated carbocycles. The van der Waals surface area contributed by atoms with Crippen LogP contribution >= 0.6 is 0 Å². The molecule has 0 saturated heterocycles. The molecule has 4 heteroatoms. The van der Waals surface area contributed by atoms with Gasteiger partial charge in [0.05, 0.1) is 12.6 Å². The highest BCUT2D eigenvalue weighted by Crippen LogP contribution is 2.39. The van der Waals surface area contributed by atoms with E-state index in [9.17, 15) is 0 Å². The van der Waals surface area contributed by atoms with Crippen LogP contribution in [0.15, 0.2) is 24.3 Å². The standard InChI is InChI=1S/C17H28N2O2/c1-13-7-9-14(10-8-13)17(19-18)15-5-3-4-6-16(15)21-12-11-20-2/h3-6,13-14,17,19H,7-12,18H2,1-2H3. The highest BCUT2D eigenvalue weighted by molar-refractivity contribution is 5.36. The Morgan fingerprint density at radius 2 is 1.90 bits per heavy atom. The van der Waals surface area contributed by atoms with Crippen LogP contribution in [0.1, 0.15) is 44.2 Å². The Morgan fingerprint density at radius 1 is 1.19 bits per heavy atom. The summed E-state index contributed by atoms with van der Waals surface area (Å²) in [6.45, 7) is 3.49. The fourth-order valence-electron chi connectivity index (χ4n) is 3.20. The smallest absolute Gasteiger partial charge is 0.124 e. The summed E-state index contributed by atoms with van der Waals surface area (Å²) in [6, 6.07) is 8.35. The minimum Gasteiger partial charge on any atom is -0.491 e. The zero-order valence-corrected chi connectivity index (χ0v) is 13.2. The van der Waals surface area contributed by atoms with Crippen molar-refractivity contribution in [1.29, 1.82) is 0 Å². The van der Waals surface area contributed by atoms with Crippen molar-refractivity contribution in [2.24, 2.45) is 17.7 Å². The summed E-state index contributed by atoms with van der Waals surface area (Å²) >= 11 is 0. The number of methoxy groups -OCH3 is 1. The summed E-state index contributed by atoms with van der Waals surface area (Å²) < 4.78 is 10.9. The van der Waals surface area contributed by atoms with E-state index in [1.54, 1.807) is 7.11 Å². The van der Waals surface area contributed by atoms with Crippen LogP contribution in [0, 0.1) is 11.8 Å². The molecule has 2 rings (SSSR count). The van der Waals surface area contributed by atoms with Gasteiger partial charge in [-0.1, -0.05) is 38.0 Å². The Hall–Kier alpha value is -1.10. The van der Waals surface area contributed by atoms with Gasteiger partial charge in [-0.15, -0.1) is 0 Å². The van der Waals surface area contributed by atoms with Crippen molar-refractivity contribution in [3.05, 3.63) is 29.8 Å². The molecule has 21 heavy (non-hydrogen) atoms. The van der Waals surface area contributed by atoms with Crippen molar-refractivity contribution < 1.29 is 9.47 Å². The Labute approximate surface area is 128 Å². The SMILES string of the molecule is COCCOc1ccccc1C(NN)C1CCC(C)CC1. The number of nitrogens with two attached hydrogens (primary N) is 1. The third-order valence-electron chi connectivity index (χ3n) is 4.51. The van der Waals surface area contributed by atoms with E-state index in [1.807, 2.05) is 18.2 Å². The van der Waals surface area contributed by atoms with E-state index in [2.05, 4.69) is 18.4 Å². The van der Waals surface area contributed by atoms with Crippen molar-refractivity contribution in [3.8, 4) is 5.75 Å². The largest absolute Gasteiger partial charge is 0.491 e. The first-order valence-electron chi connectivity index (χ1n) is 7.93. The molecule has 1 aromatic carbocycles. The molecular weight excluding hydrogens is 264 g/mol. The Morgan fingerprint density at radius 3 is 2.57 bits per heavy atom. The zero-order chi connectivity index (χ0) is 15.1. The van der Waals surface area contributed by atoms with Crippen LogP contribution in [-0.4, -0.2) is 20.3 Å². The second kappa shape index (κ2) is 8.37. The van der Waals surface area contributed by atoms with Crippen LogP contribution in [0.25, 0.3) is 0 Å². The summed E-state index contributed by atoms with van der Waals surface area (Å²) in [7, 11) is 1.68. The third kappa shape index (κ3) is 4.43. The maximum atomic E-state index is 5.86. The second-order valence-corrected chi connectivity index (χ2v) is 6.04. The van der Waals surface area contributed by atoms with E-state index in [4.69, 9.17) is 15.3 Å². The Balaban J connectivity index is 2.09. The molecular formula is C17H28N2O2. The van der Waals surface area contributed by atoms with Gasteiger partial charge in [0.25, 0.3) is 0 Å². The monoisotopic (exact) mass is 292 g/mol. The highest BCUT2D eigenvalue weighted by Gasteiger charge is 2.28. The van der Waals surface area contributed by atoms with Crippen molar-refractivity contribution >= 4 is 0 Å². The molecule has 1 aliphatic rings. The molecule has 1 fully saturated rings. The number of nitrogens with one attached hydrogen (secondary N) is 1. The van der Waals surface area contributed by atoms with Gasteiger partial charge in [0, 0.05) is 12.7 Å². The lowest BCUT2D eigenvalue weighted by Gasteiger charge is -2.33. The number of hydrogen-bond donors (Lipinski definition) is 2. The lowest BCUT2D eigenvalue weighted by Crippen LogP contribution is -2.35. The van der Waals surface area contributed by atoms with Gasteiger partial charge >= 0.3 is 0 Å². The molecule has 1 unspecified atom stereocenters. The van der Waals surface area contributed by atoms with Crippen LogP contribution in [0.4, 0.5) is 0 Å². The molecule has 118 valence electrons. The zero-order valence-electron chi connectivity index (χ0n) is 13.2. The fraction of sp³-hybridized carbons (Fsp3) is 0.647. The first-order chi connectivity index (χ1) is 10.3. The molecule has 0 amide bonds. The van der Waals surface area contributed by atoms with Crippen molar-refractivity contribution in [3.63, 3.8) is 0 Å². The molecule has 0 spiro atoms. The normalized spacial score (nSPS) is 23.8. The van der Waals surface area contributed by atoms with E-state index in [-0.39, 0.29) is 6.04 Å². The lowest BCUT2D eigenvalue weighted by atomic mass is 9.77. The minimum absolute atomic E-state index is 0.163. The van der Waals surface area contributed by atoms with Crippen LogP contribution in [0.3, 0.4) is 0 Å². The number of benzene rings is 1. The van der Waals surface area contributed by atoms with E-state index in [0.29, 0.717) is 19.1 Å². The van der Waals surface area contributed by atoms with Gasteiger partial charge in [-0.25, -0.2) is 0 Å². The maximum absolute atomic E-state index is 5.86. The van der Waals surface area contributed by atoms with E-state index >= 15 is 0 Å². The number of hydrogen-bond acceptors (Lipinski definition) is 4. The Bertz CT molecular complexity index is 417. The lowest BCUT2D eigenvalue weighted by molar-refractivity contribution is 0.144. The van der Waals surface area contributed by atoms with E-state index in [1.165, 1.54) is 25.7 Å². The minimum atomic E-state index is 0.163. The van der Waals surface area contributed by atoms with Gasteiger partial charge < -0.3 is 9.47 Å². The Kier molecular flexibility index (Phi) is 6.49. The number of rotatable bonds is 7. The molecule has 1 atom stereocenters. The van der Waals surface area contributed by atoms with E-state index < -0.39 is 0 Å². The average molecular weight is 292 g/mol. The first-order valence-corrected chi connectivity index (χ1v) is 7.93. The molecule has 0 radical (unpaired) electrons. The van der Waals surface area contributed by atoms with Crippen LogP contribution in [-0.2, 0) is 4.74 Å². The van der Waals surface area contributed by atoms with Gasteiger partial charge in [0.2, 0.25) is 0 Å². The molecule has 0 bridgehead atoms. The van der Waals surface area contributed by atoms with Crippen LogP contribution in [0.2, 0.25) is 0 Å². The average Bonchev–Trinajstić information content (AvgIpc) is 2.51. The van der Waals surface area contributed by atoms with Crippen LogP contribution < -0.4 is 16.0 Å².